The Hall–Kier alpha value is -3.35. The van der Waals surface area contributed by atoms with Crippen molar-refractivity contribution in [3.05, 3.63) is 95.1 Å². The fourth-order valence-electron chi connectivity index (χ4n) is 4.21. The highest BCUT2D eigenvalue weighted by Gasteiger charge is 2.20. The molecule has 3 aromatic carbocycles. The second-order valence-corrected chi connectivity index (χ2v) is 8.76. The maximum Gasteiger partial charge on any atom is 0.254 e. The first kappa shape index (κ1) is 24.8. The minimum absolute atomic E-state index is 0.0407. The lowest BCUT2D eigenvalue weighted by Gasteiger charge is -2.30. The monoisotopic (exact) mass is 474 g/mol. The summed E-state index contributed by atoms with van der Waals surface area (Å²) in [6.07, 6.45) is 0. The zero-order valence-corrected chi connectivity index (χ0v) is 20.6. The molecular weight excluding hydrogens is 440 g/mol. The van der Waals surface area contributed by atoms with Crippen molar-refractivity contribution in [3.63, 3.8) is 0 Å². The molecule has 0 bridgehead atoms. The SMILES string of the molecule is COc1ccc(CN(CCN2CCOCC2)C(=O)c2ccccc2C)cc1OCc1ccccc1. The van der Waals surface area contributed by atoms with Crippen LogP contribution in [0.25, 0.3) is 0 Å². The molecule has 0 aromatic heterocycles. The van der Waals surface area contributed by atoms with E-state index in [2.05, 4.69) is 4.90 Å². The molecule has 3 aromatic rings. The van der Waals surface area contributed by atoms with E-state index in [9.17, 15) is 4.79 Å². The number of nitrogens with zero attached hydrogens (tertiary/aromatic N) is 2. The summed E-state index contributed by atoms with van der Waals surface area (Å²) in [5.74, 6) is 1.39. The Morgan fingerprint density at radius 2 is 1.69 bits per heavy atom. The van der Waals surface area contributed by atoms with Gasteiger partial charge in [0.05, 0.1) is 20.3 Å². The molecule has 6 heteroatoms. The van der Waals surface area contributed by atoms with Crippen molar-refractivity contribution in [2.75, 3.05) is 46.5 Å². The van der Waals surface area contributed by atoms with Gasteiger partial charge < -0.3 is 19.1 Å². The molecule has 0 saturated carbocycles. The molecule has 4 rings (SSSR count). The molecular formula is C29H34N2O4. The number of methoxy groups -OCH3 is 1. The molecule has 0 radical (unpaired) electrons. The molecule has 6 nitrogen and oxygen atoms in total. The van der Waals surface area contributed by atoms with Crippen LogP contribution in [0.15, 0.2) is 72.8 Å². The van der Waals surface area contributed by atoms with E-state index in [1.165, 1.54) is 0 Å². The van der Waals surface area contributed by atoms with Gasteiger partial charge in [-0.2, -0.15) is 0 Å². The number of hydrogen-bond acceptors (Lipinski definition) is 5. The second kappa shape index (κ2) is 12.4. The molecule has 0 atom stereocenters. The van der Waals surface area contributed by atoms with E-state index in [-0.39, 0.29) is 5.91 Å². The van der Waals surface area contributed by atoms with Crippen LogP contribution >= 0.6 is 0 Å². The normalized spacial score (nSPS) is 13.9. The number of rotatable bonds is 10. The Bertz CT molecular complexity index is 1100. The van der Waals surface area contributed by atoms with Crippen LogP contribution < -0.4 is 9.47 Å². The Labute approximate surface area is 208 Å². The van der Waals surface area contributed by atoms with Gasteiger partial charge in [0.2, 0.25) is 0 Å². The zero-order chi connectivity index (χ0) is 24.5. The predicted octanol–water partition coefficient (Wildman–Crippen LogP) is 4.56. The third kappa shape index (κ3) is 6.84. The summed E-state index contributed by atoms with van der Waals surface area (Å²) >= 11 is 0. The Balaban J connectivity index is 1.52. The topological polar surface area (TPSA) is 51.2 Å². The van der Waals surface area contributed by atoms with Crippen molar-refractivity contribution in [2.45, 2.75) is 20.1 Å². The number of benzene rings is 3. The molecule has 35 heavy (non-hydrogen) atoms. The van der Waals surface area contributed by atoms with Gasteiger partial charge in [-0.15, -0.1) is 0 Å². The van der Waals surface area contributed by atoms with Gasteiger partial charge in [-0.25, -0.2) is 0 Å². The van der Waals surface area contributed by atoms with E-state index in [0.29, 0.717) is 31.2 Å². The molecule has 184 valence electrons. The Morgan fingerprint density at radius 1 is 0.943 bits per heavy atom. The molecule has 1 aliphatic rings. The van der Waals surface area contributed by atoms with E-state index in [1.807, 2.05) is 84.6 Å². The molecule has 0 spiro atoms. The van der Waals surface area contributed by atoms with Crippen LogP contribution in [0.3, 0.4) is 0 Å². The van der Waals surface area contributed by atoms with Gasteiger partial charge in [0.15, 0.2) is 11.5 Å². The van der Waals surface area contributed by atoms with Crippen molar-refractivity contribution < 1.29 is 19.0 Å². The smallest absolute Gasteiger partial charge is 0.254 e. The standard InChI is InChI=1S/C29H34N2O4/c1-23-8-6-7-11-26(23)29(32)31(15-14-30-16-18-34-19-17-30)21-25-12-13-27(33-2)28(20-25)35-22-24-9-4-3-5-10-24/h3-13,20H,14-19,21-22H2,1-2H3. The van der Waals surface area contributed by atoms with Gasteiger partial charge >= 0.3 is 0 Å². The van der Waals surface area contributed by atoms with Crippen LogP contribution in [0.2, 0.25) is 0 Å². The van der Waals surface area contributed by atoms with E-state index in [0.717, 1.165) is 55.1 Å². The lowest BCUT2D eigenvalue weighted by Crippen LogP contribution is -2.43. The maximum absolute atomic E-state index is 13.6. The fraction of sp³-hybridized carbons (Fsp3) is 0.345. The van der Waals surface area contributed by atoms with Crippen LogP contribution in [0.1, 0.15) is 27.0 Å². The first-order valence-corrected chi connectivity index (χ1v) is 12.1. The van der Waals surface area contributed by atoms with Crippen molar-refractivity contribution in [2.24, 2.45) is 0 Å². The summed E-state index contributed by atoms with van der Waals surface area (Å²) in [5.41, 5.74) is 3.80. The number of ether oxygens (including phenoxy) is 3. The van der Waals surface area contributed by atoms with Crippen LogP contribution in [0, 0.1) is 6.92 Å². The molecule has 1 fully saturated rings. The second-order valence-electron chi connectivity index (χ2n) is 8.76. The highest BCUT2D eigenvalue weighted by molar-refractivity contribution is 5.95. The summed E-state index contributed by atoms with van der Waals surface area (Å²) in [7, 11) is 1.64. The third-order valence-electron chi connectivity index (χ3n) is 6.29. The summed E-state index contributed by atoms with van der Waals surface area (Å²) in [6.45, 7) is 7.65. The average molecular weight is 475 g/mol. The number of morpholine rings is 1. The number of carbonyl (C=O) groups excluding carboxylic acids is 1. The third-order valence-corrected chi connectivity index (χ3v) is 6.29. The summed E-state index contributed by atoms with van der Waals surface area (Å²) < 4.78 is 17.1. The lowest BCUT2D eigenvalue weighted by atomic mass is 10.1. The van der Waals surface area contributed by atoms with Crippen LogP contribution in [0.5, 0.6) is 11.5 Å². The predicted molar refractivity (Wildman–Crippen MR) is 137 cm³/mol. The maximum atomic E-state index is 13.6. The largest absolute Gasteiger partial charge is 0.493 e. The van der Waals surface area contributed by atoms with Crippen LogP contribution in [-0.2, 0) is 17.9 Å². The quantitative estimate of drug-likeness (QED) is 0.431. The highest BCUT2D eigenvalue weighted by Crippen LogP contribution is 2.29. The van der Waals surface area contributed by atoms with Gasteiger partial charge in [0, 0.05) is 38.3 Å². The summed E-state index contributed by atoms with van der Waals surface area (Å²) in [4.78, 5) is 17.9. The van der Waals surface area contributed by atoms with E-state index < -0.39 is 0 Å². The van der Waals surface area contributed by atoms with Crippen LogP contribution in [-0.4, -0.2) is 62.2 Å². The molecule has 1 heterocycles. The molecule has 0 aliphatic carbocycles. The summed E-state index contributed by atoms with van der Waals surface area (Å²) in [5, 5.41) is 0. The van der Waals surface area contributed by atoms with Crippen molar-refractivity contribution in [3.8, 4) is 11.5 Å². The van der Waals surface area contributed by atoms with Gasteiger partial charge in [0.25, 0.3) is 5.91 Å². The van der Waals surface area contributed by atoms with Crippen LogP contribution in [0.4, 0.5) is 0 Å². The average Bonchev–Trinajstić information content (AvgIpc) is 2.91. The molecule has 0 unspecified atom stereocenters. The first-order chi connectivity index (χ1) is 17.1. The number of aryl methyl sites for hydroxylation is 1. The van der Waals surface area contributed by atoms with E-state index in [1.54, 1.807) is 7.11 Å². The van der Waals surface area contributed by atoms with Crippen molar-refractivity contribution >= 4 is 5.91 Å². The van der Waals surface area contributed by atoms with Crippen molar-refractivity contribution in [1.82, 2.24) is 9.80 Å². The number of carbonyl (C=O) groups is 1. The highest BCUT2D eigenvalue weighted by atomic mass is 16.5. The summed E-state index contributed by atoms with van der Waals surface area (Å²) in [6, 6.07) is 23.7. The molecule has 0 N–H and O–H groups in total. The minimum Gasteiger partial charge on any atom is -0.493 e. The Kier molecular flexibility index (Phi) is 8.76. The molecule has 1 amide bonds. The van der Waals surface area contributed by atoms with Gasteiger partial charge in [0.1, 0.15) is 6.61 Å². The number of hydrogen-bond donors (Lipinski definition) is 0. The fourth-order valence-corrected chi connectivity index (χ4v) is 4.21. The van der Waals surface area contributed by atoms with Crippen molar-refractivity contribution in [1.29, 1.82) is 0 Å². The Morgan fingerprint density at radius 3 is 2.43 bits per heavy atom. The van der Waals surface area contributed by atoms with E-state index >= 15 is 0 Å². The van der Waals surface area contributed by atoms with Gasteiger partial charge in [-0.05, 0) is 41.8 Å². The van der Waals surface area contributed by atoms with E-state index in [4.69, 9.17) is 14.2 Å². The lowest BCUT2D eigenvalue weighted by molar-refractivity contribution is 0.0320. The molecule has 1 aliphatic heterocycles. The first-order valence-electron chi connectivity index (χ1n) is 12.1. The number of amides is 1. The van der Waals surface area contributed by atoms with Gasteiger partial charge in [-0.3, -0.25) is 9.69 Å². The van der Waals surface area contributed by atoms with Gasteiger partial charge in [-0.1, -0.05) is 54.6 Å². The molecule has 1 saturated heterocycles. The minimum atomic E-state index is 0.0407. The zero-order valence-electron chi connectivity index (χ0n) is 20.6.